The van der Waals surface area contributed by atoms with Gasteiger partial charge in [-0.1, -0.05) is 6.07 Å². The second-order valence-electron chi connectivity index (χ2n) is 14.1. The fourth-order valence-electron chi connectivity index (χ4n) is 8.53. The quantitative estimate of drug-likeness (QED) is 0.142. The lowest BCUT2D eigenvalue weighted by molar-refractivity contribution is -0.154. The lowest BCUT2D eigenvalue weighted by Gasteiger charge is -2.44. The van der Waals surface area contributed by atoms with Gasteiger partial charge in [-0.2, -0.15) is 0 Å². The molecule has 2 aliphatic heterocycles. The number of aliphatic hydroxyl groups is 2. The molecular weight excluding hydrogens is 680 g/mol. The average Bonchev–Trinajstić information content (AvgIpc) is 3.59. The summed E-state index contributed by atoms with van der Waals surface area (Å²) in [6, 6.07) is 7.93. The number of methoxy groups -OCH3 is 1. The van der Waals surface area contributed by atoms with Gasteiger partial charge in [0.25, 0.3) is 0 Å². The Labute approximate surface area is 296 Å². The number of hydrogen-bond donors (Lipinski definition) is 6. The molecule has 1 saturated heterocycles. The molecule has 0 saturated carbocycles. The summed E-state index contributed by atoms with van der Waals surface area (Å²) in [4.78, 5) is 39.6. The highest BCUT2D eigenvalue weighted by Crippen LogP contribution is 2.74. The number of carbonyl (C=O) groups excluding carboxylic acids is 2. The van der Waals surface area contributed by atoms with Gasteiger partial charge in [-0.05, 0) is 62.2 Å². The molecule has 1 aromatic heterocycles. The Balaban J connectivity index is 1.54. The molecule has 4 aromatic rings. The molecule has 6 N–H and O–H groups in total. The first-order valence-corrected chi connectivity index (χ1v) is 16.7. The van der Waals surface area contributed by atoms with Crippen LogP contribution in [0.3, 0.4) is 0 Å². The van der Waals surface area contributed by atoms with Crippen LogP contribution in [0.2, 0.25) is 0 Å². The molecular formula is C38H38O14. The van der Waals surface area contributed by atoms with Crippen LogP contribution in [0.1, 0.15) is 84.3 Å². The third-order valence-corrected chi connectivity index (χ3v) is 10.5. The molecule has 14 nitrogen and oxygen atoms in total. The molecule has 3 aliphatic rings. The molecule has 3 heterocycles. The van der Waals surface area contributed by atoms with Gasteiger partial charge in [0.1, 0.15) is 62.6 Å². The Bertz CT molecular complexity index is 2200. The standard InChI is InChI=1S/C38H38O14/c1-15-11-21(44)29-27(33(15)49-10-9-37(3,4)51-16(2)40)34-26-30(38(29,52-34)28-18(41)7-6-8-19(28)42)35-24(25(32(26)46)36(47)48-5)31(45)23-20(43)12-17(14-39)13-22(23)50-35/h6-8,11-13,25-26,30,32,34,39,41-44,46H,9-10,14H2,1-5H3/t25-,26-,30+,32+,34+,38+/m0/s1. The number of aromatic hydroxyl groups is 4. The van der Waals surface area contributed by atoms with Crippen molar-refractivity contribution in [2.24, 2.45) is 5.92 Å². The van der Waals surface area contributed by atoms with Crippen molar-refractivity contribution in [3.05, 3.63) is 85.8 Å². The van der Waals surface area contributed by atoms with E-state index in [1.807, 2.05) is 0 Å². The number of carbonyl (C=O) groups is 2. The molecule has 6 atom stereocenters. The number of benzene rings is 3. The topological polar surface area (TPSA) is 223 Å². The van der Waals surface area contributed by atoms with Crippen LogP contribution in [0.15, 0.2) is 45.6 Å². The van der Waals surface area contributed by atoms with Gasteiger partial charge in [0.05, 0.1) is 49.6 Å². The normalized spacial score (nSPS) is 24.2. The highest BCUT2D eigenvalue weighted by Gasteiger charge is 2.72. The van der Waals surface area contributed by atoms with Gasteiger partial charge in [-0.25, -0.2) is 0 Å². The maximum atomic E-state index is 14.4. The monoisotopic (exact) mass is 718 g/mol. The Morgan fingerprint density at radius 3 is 2.31 bits per heavy atom. The third-order valence-electron chi connectivity index (χ3n) is 10.5. The van der Waals surface area contributed by atoms with Crippen molar-refractivity contribution in [1.29, 1.82) is 0 Å². The van der Waals surface area contributed by atoms with Crippen LogP contribution in [0.25, 0.3) is 11.0 Å². The first kappa shape index (κ1) is 35.1. The van der Waals surface area contributed by atoms with Gasteiger partial charge in [-0.3, -0.25) is 14.4 Å². The molecule has 1 aliphatic carbocycles. The number of phenols is 4. The summed E-state index contributed by atoms with van der Waals surface area (Å²) in [5.41, 5.74) is -3.54. The summed E-state index contributed by atoms with van der Waals surface area (Å²) < 4.78 is 30.0. The SMILES string of the molecule is COC(=O)[C@H]1c2c(oc3cc(CO)cc(O)c3c2=O)[C@H]2[C@@H]([C@@H]1O)[C@H]1O[C@]2(c2c(O)cccc2O)c2c(O)cc(C)c(OCCC(C)(C)OC(C)=O)c21. The molecule has 0 unspecified atom stereocenters. The smallest absolute Gasteiger partial charge is 0.316 e. The number of aliphatic hydroxyl groups excluding tert-OH is 2. The fourth-order valence-corrected chi connectivity index (χ4v) is 8.53. The van der Waals surface area contributed by atoms with Crippen molar-refractivity contribution < 1.29 is 63.6 Å². The second kappa shape index (κ2) is 12.1. The van der Waals surface area contributed by atoms with E-state index < -0.39 is 82.4 Å². The van der Waals surface area contributed by atoms with Crippen LogP contribution in [0.5, 0.6) is 28.7 Å². The van der Waals surface area contributed by atoms with E-state index in [-0.39, 0.29) is 69.1 Å². The van der Waals surface area contributed by atoms with Crippen LogP contribution in [-0.4, -0.2) is 68.0 Å². The number of hydrogen-bond acceptors (Lipinski definition) is 14. The molecule has 14 heteroatoms. The van der Waals surface area contributed by atoms with Crippen molar-refractivity contribution in [1.82, 2.24) is 0 Å². The zero-order chi connectivity index (χ0) is 37.6. The molecule has 0 radical (unpaired) electrons. The van der Waals surface area contributed by atoms with Crippen LogP contribution >= 0.6 is 0 Å². The summed E-state index contributed by atoms with van der Waals surface area (Å²) in [6.45, 7) is 5.94. The van der Waals surface area contributed by atoms with Crippen molar-refractivity contribution >= 4 is 22.9 Å². The number of phenolic OH excluding ortho intramolecular Hbond substituents is 4. The summed E-state index contributed by atoms with van der Waals surface area (Å²) >= 11 is 0. The van der Waals surface area contributed by atoms with E-state index in [0.29, 0.717) is 5.56 Å². The van der Waals surface area contributed by atoms with E-state index in [9.17, 15) is 45.0 Å². The van der Waals surface area contributed by atoms with Crippen LogP contribution < -0.4 is 10.2 Å². The molecule has 52 heavy (non-hydrogen) atoms. The van der Waals surface area contributed by atoms with Gasteiger partial charge in [0, 0.05) is 30.4 Å². The number of aryl methyl sites for hydroxylation is 1. The van der Waals surface area contributed by atoms with E-state index in [2.05, 4.69) is 0 Å². The highest BCUT2D eigenvalue weighted by atomic mass is 16.6. The molecule has 0 spiro atoms. The minimum atomic E-state index is -2.07. The van der Waals surface area contributed by atoms with Crippen molar-refractivity contribution in [3.8, 4) is 28.7 Å². The van der Waals surface area contributed by atoms with Crippen molar-refractivity contribution in [2.45, 2.75) is 76.0 Å². The molecule has 3 aromatic carbocycles. The van der Waals surface area contributed by atoms with Crippen LogP contribution in [0, 0.1) is 12.8 Å². The lowest BCUT2D eigenvalue weighted by atomic mass is 9.57. The fraction of sp³-hybridized carbons (Fsp3) is 0.395. The van der Waals surface area contributed by atoms with Crippen molar-refractivity contribution in [3.63, 3.8) is 0 Å². The van der Waals surface area contributed by atoms with E-state index in [1.54, 1.807) is 20.8 Å². The maximum absolute atomic E-state index is 14.4. The molecule has 7 rings (SSSR count). The summed E-state index contributed by atoms with van der Waals surface area (Å²) in [5, 5.41) is 67.3. The van der Waals surface area contributed by atoms with Gasteiger partial charge in [0.2, 0.25) is 5.43 Å². The van der Waals surface area contributed by atoms with E-state index in [1.165, 1.54) is 43.3 Å². The first-order chi connectivity index (χ1) is 24.6. The molecule has 2 bridgehead atoms. The summed E-state index contributed by atoms with van der Waals surface area (Å²) in [7, 11) is 1.09. The zero-order valence-corrected chi connectivity index (χ0v) is 28.9. The minimum absolute atomic E-state index is 0.0295. The molecule has 274 valence electrons. The lowest BCUT2D eigenvalue weighted by Crippen LogP contribution is -2.49. The van der Waals surface area contributed by atoms with Crippen LogP contribution in [-0.2, 0) is 36.0 Å². The number of fused-ring (bicyclic) bond motifs is 11. The van der Waals surface area contributed by atoms with E-state index >= 15 is 0 Å². The third kappa shape index (κ3) is 4.92. The Morgan fingerprint density at radius 1 is 0.981 bits per heavy atom. The van der Waals surface area contributed by atoms with E-state index in [4.69, 9.17) is 23.4 Å². The van der Waals surface area contributed by atoms with Crippen LogP contribution in [0.4, 0.5) is 0 Å². The highest BCUT2D eigenvalue weighted by molar-refractivity contribution is 5.88. The molecule has 1 fully saturated rings. The Kier molecular flexibility index (Phi) is 8.20. The number of rotatable bonds is 8. The number of ether oxygens (including phenoxy) is 4. The largest absolute Gasteiger partial charge is 0.508 e. The predicted molar refractivity (Wildman–Crippen MR) is 180 cm³/mol. The van der Waals surface area contributed by atoms with Crippen molar-refractivity contribution in [2.75, 3.05) is 13.7 Å². The van der Waals surface area contributed by atoms with Gasteiger partial charge >= 0.3 is 11.9 Å². The summed E-state index contributed by atoms with van der Waals surface area (Å²) in [6.07, 6.45) is -2.66. The van der Waals surface area contributed by atoms with E-state index in [0.717, 1.165) is 7.11 Å². The average molecular weight is 719 g/mol. The number of esters is 2. The second-order valence-corrected chi connectivity index (χ2v) is 14.1. The van der Waals surface area contributed by atoms with Gasteiger partial charge in [-0.15, -0.1) is 0 Å². The van der Waals surface area contributed by atoms with Gasteiger partial charge < -0.3 is 54.0 Å². The Morgan fingerprint density at radius 2 is 1.67 bits per heavy atom. The molecule has 0 amide bonds. The zero-order valence-electron chi connectivity index (χ0n) is 28.9. The Hall–Kier alpha value is -5.31. The maximum Gasteiger partial charge on any atom is 0.316 e. The predicted octanol–water partition coefficient (Wildman–Crippen LogP) is 3.89. The first-order valence-electron chi connectivity index (χ1n) is 16.7. The summed E-state index contributed by atoms with van der Waals surface area (Å²) in [5.74, 6) is -7.24. The minimum Gasteiger partial charge on any atom is -0.508 e. The van der Waals surface area contributed by atoms with Gasteiger partial charge in [0.15, 0.2) is 0 Å².